The van der Waals surface area contributed by atoms with E-state index in [0.717, 1.165) is 9.63 Å². The second kappa shape index (κ2) is 5.33. The average Bonchev–Trinajstić information content (AvgIpc) is 2.83. The molecule has 0 aromatic heterocycles. The molecular weight excluding hydrogens is 342 g/mol. The second-order valence-electron chi connectivity index (χ2n) is 5.32. The van der Waals surface area contributed by atoms with Gasteiger partial charge in [-0.3, -0.25) is 0 Å². The van der Waals surface area contributed by atoms with Crippen LogP contribution < -0.4 is 0 Å². The lowest BCUT2D eigenvalue weighted by atomic mass is 10.1. The molecule has 1 fully saturated rings. The van der Waals surface area contributed by atoms with Crippen molar-refractivity contribution in [2.45, 2.75) is 42.8 Å². The molecule has 0 unspecified atom stereocenters. The lowest BCUT2D eigenvalue weighted by Gasteiger charge is -2.20. The summed E-state index contributed by atoms with van der Waals surface area (Å²) >= 11 is 4.86. The first-order valence-electron chi connectivity index (χ1n) is 6.49. The highest BCUT2D eigenvalue weighted by Gasteiger charge is 2.57. The molecule has 0 radical (unpaired) electrons. The average molecular weight is 358 g/mol. The van der Waals surface area contributed by atoms with E-state index in [9.17, 15) is 5.21 Å². The Labute approximate surface area is 130 Å². The predicted molar refractivity (Wildman–Crippen MR) is 82.3 cm³/mol. The number of alkyl halides is 1. The highest BCUT2D eigenvalue weighted by atomic mass is 79.9. The molecule has 3 rings (SSSR count). The van der Waals surface area contributed by atoms with Gasteiger partial charge in [-0.25, -0.2) is 0 Å². The number of halogens is 1. The zero-order valence-corrected chi connectivity index (χ0v) is 13.7. The molecule has 0 saturated carbocycles. The van der Waals surface area contributed by atoms with Gasteiger partial charge >= 0.3 is 0 Å². The topological polar surface area (TPSA) is 44.5 Å². The molecule has 20 heavy (non-hydrogen) atoms. The van der Waals surface area contributed by atoms with Gasteiger partial charge in [-0.2, -0.15) is 4.74 Å². The number of thioether (sulfide) groups is 1. The number of fused-ring (bicyclic) bond motifs is 1. The molecule has 1 aromatic carbocycles. The number of hydrogen-bond acceptors (Lipinski definition) is 4. The van der Waals surface area contributed by atoms with Crippen molar-refractivity contribution in [3.8, 4) is 0 Å². The Hall–Kier alpha value is -0.560. The molecular formula is C14H16BrNO3S. The zero-order chi connectivity index (χ0) is 14.3. The van der Waals surface area contributed by atoms with Crippen LogP contribution in [0.5, 0.6) is 0 Å². The SMILES string of the molecule is CC1(C)O[C@@H]2[C@@H](CBr)[N+]([O-])=C(Sc3ccccc3)[C@@H]2O1. The van der Waals surface area contributed by atoms with Crippen molar-refractivity contribution in [2.24, 2.45) is 0 Å². The minimum absolute atomic E-state index is 0.215. The molecule has 0 amide bonds. The first kappa shape index (κ1) is 14.4. The fourth-order valence-corrected chi connectivity index (χ4v) is 4.24. The van der Waals surface area contributed by atoms with Gasteiger partial charge in [0, 0.05) is 4.90 Å². The van der Waals surface area contributed by atoms with Gasteiger partial charge in [0.15, 0.2) is 18.0 Å². The van der Waals surface area contributed by atoms with Gasteiger partial charge in [0.05, 0.1) is 5.33 Å². The zero-order valence-electron chi connectivity index (χ0n) is 11.3. The lowest BCUT2D eigenvalue weighted by Crippen LogP contribution is -2.35. The Morgan fingerprint density at radius 3 is 2.65 bits per heavy atom. The molecule has 2 aliphatic rings. The van der Waals surface area contributed by atoms with Crippen molar-refractivity contribution in [1.82, 2.24) is 0 Å². The van der Waals surface area contributed by atoms with Crippen molar-refractivity contribution >= 4 is 32.7 Å². The normalized spacial score (nSPS) is 31.6. The van der Waals surface area contributed by atoms with Gasteiger partial charge in [-0.15, -0.1) is 0 Å². The second-order valence-corrected chi connectivity index (χ2v) is 7.06. The van der Waals surface area contributed by atoms with Gasteiger partial charge in [0.2, 0.25) is 6.04 Å². The van der Waals surface area contributed by atoms with Crippen molar-refractivity contribution in [3.63, 3.8) is 0 Å². The van der Waals surface area contributed by atoms with Crippen LogP contribution in [-0.4, -0.2) is 39.1 Å². The van der Waals surface area contributed by atoms with E-state index in [2.05, 4.69) is 15.9 Å². The molecule has 0 bridgehead atoms. The highest BCUT2D eigenvalue weighted by molar-refractivity contribution is 9.09. The summed E-state index contributed by atoms with van der Waals surface area (Å²) in [4.78, 5) is 1.03. The molecule has 0 aliphatic carbocycles. The van der Waals surface area contributed by atoms with Gasteiger partial charge in [0.25, 0.3) is 5.04 Å². The number of nitrogens with zero attached hydrogens (tertiary/aromatic N) is 1. The maximum absolute atomic E-state index is 12.4. The molecule has 1 aromatic rings. The standard InChI is InChI=1S/C14H16BrNO3S/c1-14(2)18-11-10(8-15)16(17)13(12(11)19-14)20-9-6-4-3-5-7-9/h3-7,10-12H,8H2,1-2H3/t10-,11-,12-/m1/s1. The van der Waals surface area contributed by atoms with E-state index in [4.69, 9.17) is 9.47 Å². The molecule has 0 N–H and O–H groups in total. The molecule has 3 atom stereocenters. The Morgan fingerprint density at radius 2 is 2.00 bits per heavy atom. The molecule has 1 saturated heterocycles. The third-order valence-corrected chi connectivity index (χ3v) is 5.19. The first-order valence-corrected chi connectivity index (χ1v) is 8.43. The molecule has 108 valence electrons. The summed E-state index contributed by atoms with van der Waals surface area (Å²) < 4.78 is 12.8. The first-order chi connectivity index (χ1) is 9.52. The van der Waals surface area contributed by atoms with E-state index >= 15 is 0 Å². The fourth-order valence-electron chi connectivity index (χ4n) is 2.55. The van der Waals surface area contributed by atoms with Crippen LogP contribution in [0.25, 0.3) is 0 Å². The van der Waals surface area contributed by atoms with E-state index in [1.165, 1.54) is 11.8 Å². The van der Waals surface area contributed by atoms with Crippen molar-refractivity contribution < 1.29 is 14.2 Å². The number of hydrogen-bond donors (Lipinski definition) is 0. The molecule has 0 spiro atoms. The largest absolute Gasteiger partial charge is 0.623 e. The van der Waals surface area contributed by atoms with Crippen molar-refractivity contribution in [2.75, 3.05) is 5.33 Å². The summed E-state index contributed by atoms with van der Waals surface area (Å²) in [6.45, 7) is 3.77. The summed E-state index contributed by atoms with van der Waals surface area (Å²) in [5, 5.41) is 13.7. The molecule has 2 aliphatic heterocycles. The Kier molecular flexibility index (Phi) is 3.83. The van der Waals surface area contributed by atoms with Crippen LogP contribution in [0.3, 0.4) is 0 Å². The molecule has 2 heterocycles. The molecule has 6 heteroatoms. The predicted octanol–water partition coefficient (Wildman–Crippen LogP) is 2.98. The molecule has 4 nitrogen and oxygen atoms in total. The van der Waals surface area contributed by atoms with Crippen LogP contribution >= 0.6 is 27.7 Å². The van der Waals surface area contributed by atoms with Crippen LogP contribution in [0.1, 0.15) is 13.8 Å². The van der Waals surface area contributed by atoms with Crippen molar-refractivity contribution in [3.05, 3.63) is 35.5 Å². The Balaban J connectivity index is 1.90. The number of hydroxylamine groups is 1. The van der Waals surface area contributed by atoms with E-state index in [1.54, 1.807) is 0 Å². The van der Waals surface area contributed by atoms with Crippen LogP contribution in [0.4, 0.5) is 0 Å². The van der Waals surface area contributed by atoms with Crippen molar-refractivity contribution in [1.29, 1.82) is 0 Å². The van der Waals surface area contributed by atoms with Crippen LogP contribution in [0.2, 0.25) is 0 Å². The van der Waals surface area contributed by atoms with E-state index < -0.39 is 5.79 Å². The van der Waals surface area contributed by atoms with Crippen LogP contribution in [-0.2, 0) is 9.47 Å². The van der Waals surface area contributed by atoms with Gasteiger partial charge in [0.1, 0.15) is 0 Å². The maximum atomic E-state index is 12.4. The summed E-state index contributed by atoms with van der Waals surface area (Å²) in [6, 6.07) is 9.62. The number of rotatable bonds is 2. The number of benzene rings is 1. The Morgan fingerprint density at radius 1 is 1.30 bits per heavy atom. The number of ether oxygens (including phenoxy) is 2. The fraction of sp³-hybridized carbons (Fsp3) is 0.500. The third-order valence-electron chi connectivity index (χ3n) is 3.39. The maximum Gasteiger partial charge on any atom is 0.259 e. The van der Waals surface area contributed by atoms with Gasteiger partial charge in [-0.1, -0.05) is 34.1 Å². The minimum atomic E-state index is -0.639. The third kappa shape index (κ3) is 2.50. The summed E-state index contributed by atoms with van der Waals surface area (Å²) in [6.07, 6.45) is -0.497. The van der Waals surface area contributed by atoms with E-state index in [-0.39, 0.29) is 18.2 Å². The monoisotopic (exact) mass is 357 g/mol. The lowest BCUT2D eigenvalue weighted by molar-refractivity contribution is -0.496. The van der Waals surface area contributed by atoms with Crippen LogP contribution in [0, 0.1) is 5.21 Å². The van der Waals surface area contributed by atoms with Gasteiger partial charge < -0.3 is 14.7 Å². The van der Waals surface area contributed by atoms with Gasteiger partial charge in [-0.05, 0) is 37.7 Å². The summed E-state index contributed by atoms with van der Waals surface area (Å²) in [7, 11) is 0. The van der Waals surface area contributed by atoms with E-state index in [1.807, 2.05) is 44.2 Å². The Bertz CT molecular complexity index is 534. The van der Waals surface area contributed by atoms with E-state index in [0.29, 0.717) is 10.4 Å². The highest BCUT2D eigenvalue weighted by Crippen LogP contribution is 2.39. The van der Waals surface area contributed by atoms with Crippen LogP contribution in [0.15, 0.2) is 35.2 Å². The minimum Gasteiger partial charge on any atom is -0.623 e. The smallest absolute Gasteiger partial charge is 0.259 e. The summed E-state index contributed by atoms with van der Waals surface area (Å²) in [5.74, 6) is -0.639. The summed E-state index contributed by atoms with van der Waals surface area (Å²) in [5.41, 5.74) is 0. The quantitative estimate of drug-likeness (QED) is 0.463.